The van der Waals surface area contributed by atoms with Crippen molar-refractivity contribution in [3.05, 3.63) is 53.4 Å². The summed E-state index contributed by atoms with van der Waals surface area (Å²) < 4.78 is 10.3. The summed E-state index contributed by atoms with van der Waals surface area (Å²) in [4.78, 5) is 29.7. The number of benzene rings is 1. The predicted molar refractivity (Wildman–Crippen MR) is 98.5 cm³/mol. The molecule has 2 heterocycles. The molecular weight excluding hydrogens is 346 g/mol. The number of esters is 1. The van der Waals surface area contributed by atoms with Crippen molar-refractivity contribution in [2.45, 2.75) is 38.7 Å². The molecule has 1 aromatic carbocycles. The van der Waals surface area contributed by atoms with E-state index >= 15 is 0 Å². The Kier molecular flexibility index (Phi) is 4.35. The van der Waals surface area contributed by atoms with Crippen molar-refractivity contribution in [1.82, 2.24) is 10.1 Å². The van der Waals surface area contributed by atoms with Gasteiger partial charge in [-0.1, -0.05) is 23.4 Å². The molecule has 1 aliphatic rings. The van der Waals surface area contributed by atoms with E-state index < -0.39 is 18.0 Å². The largest absolute Gasteiger partial charge is 0.449 e. The quantitative estimate of drug-likeness (QED) is 0.694. The Morgan fingerprint density at radius 1 is 1.26 bits per heavy atom. The third-order valence-electron chi connectivity index (χ3n) is 4.48. The van der Waals surface area contributed by atoms with Gasteiger partial charge in [-0.05, 0) is 38.8 Å². The summed E-state index contributed by atoms with van der Waals surface area (Å²) in [5, 5.41) is 6.98. The number of rotatable bonds is 5. The van der Waals surface area contributed by atoms with Crippen LogP contribution in [0.15, 0.2) is 40.9 Å². The number of nitrogens with zero attached hydrogens (tertiary/aromatic N) is 2. The average Bonchev–Trinajstić information content (AvgIpc) is 3.43. The number of anilines is 1. The van der Waals surface area contributed by atoms with E-state index in [9.17, 15) is 9.59 Å². The highest BCUT2D eigenvalue weighted by Gasteiger charge is 2.28. The van der Waals surface area contributed by atoms with Gasteiger partial charge in [-0.2, -0.15) is 0 Å². The van der Waals surface area contributed by atoms with Crippen LogP contribution in [0.25, 0.3) is 10.9 Å². The van der Waals surface area contributed by atoms with Crippen LogP contribution in [0.4, 0.5) is 5.82 Å². The Hall–Kier alpha value is -3.22. The third-order valence-corrected chi connectivity index (χ3v) is 4.48. The number of carbonyl (C=O) groups excluding carboxylic acids is 2. The number of pyridine rings is 1. The van der Waals surface area contributed by atoms with Crippen molar-refractivity contribution in [2.24, 2.45) is 0 Å². The minimum atomic E-state index is -0.981. The van der Waals surface area contributed by atoms with Crippen LogP contribution in [-0.2, 0) is 9.53 Å². The molecule has 7 heteroatoms. The van der Waals surface area contributed by atoms with E-state index in [0.717, 1.165) is 24.1 Å². The van der Waals surface area contributed by atoms with Crippen molar-refractivity contribution >= 4 is 28.6 Å². The first-order chi connectivity index (χ1) is 13.0. The molecule has 0 unspecified atom stereocenters. The molecule has 0 spiro atoms. The second-order valence-electron chi connectivity index (χ2n) is 6.75. The third kappa shape index (κ3) is 3.67. The van der Waals surface area contributed by atoms with E-state index in [-0.39, 0.29) is 5.82 Å². The lowest BCUT2D eigenvalue weighted by Gasteiger charge is -2.14. The van der Waals surface area contributed by atoms with Gasteiger partial charge in [0.05, 0.1) is 11.1 Å². The summed E-state index contributed by atoms with van der Waals surface area (Å²) in [7, 11) is 0. The van der Waals surface area contributed by atoms with Crippen molar-refractivity contribution in [3.8, 4) is 0 Å². The van der Waals surface area contributed by atoms with Crippen LogP contribution >= 0.6 is 0 Å². The molecule has 138 valence electrons. The number of amides is 1. The fourth-order valence-corrected chi connectivity index (χ4v) is 2.88. The molecule has 7 nitrogen and oxygen atoms in total. The van der Waals surface area contributed by atoms with Gasteiger partial charge in [0.2, 0.25) is 0 Å². The standard InChI is InChI=1S/C20H19N3O4/c1-11-9-18(23-27-11)22-19(24)12(2)26-20(25)15-10-17(13-7-8-13)21-16-6-4-3-5-14(15)16/h3-6,9-10,12-13H,7-8H2,1-2H3,(H,22,23,24)/t12-/m0/s1. The molecule has 1 aliphatic carbocycles. The van der Waals surface area contributed by atoms with Gasteiger partial charge in [-0.3, -0.25) is 9.78 Å². The van der Waals surface area contributed by atoms with E-state index in [2.05, 4.69) is 15.5 Å². The Balaban J connectivity index is 1.54. The minimum Gasteiger partial charge on any atom is -0.449 e. The van der Waals surface area contributed by atoms with Gasteiger partial charge in [0.15, 0.2) is 11.9 Å². The zero-order valence-corrected chi connectivity index (χ0v) is 15.1. The number of ether oxygens (including phenoxy) is 1. The lowest BCUT2D eigenvalue weighted by atomic mass is 10.1. The smallest absolute Gasteiger partial charge is 0.339 e. The number of hydrogen-bond donors (Lipinski definition) is 1. The monoisotopic (exact) mass is 365 g/mol. The topological polar surface area (TPSA) is 94.3 Å². The van der Waals surface area contributed by atoms with Crippen molar-refractivity contribution < 1.29 is 18.8 Å². The maximum atomic E-state index is 12.8. The number of fused-ring (bicyclic) bond motifs is 1. The summed E-state index contributed by atoms with van der Waals surface area (Å²) in [6, 6.07) is 10.8. The van der Waals surface area contributed by atoms with Crippen LogP contribution in [-0.4, -0.2) is 28.1 Å². The van der Waals surface area contributed by atoms with E-state index in [4.69, 9.17) is 9.26 Å². The number of nitrogens with one attached hydrogen (secondary N) is 1. The SMILES string of the molecule is Cc1cc(NC(=O)[C@H](C)OC(=O)c2cc(C3CC3)nc3ccccc23)no1. The van der Waals surface area contributed by atoms with E-state index in [1.807, 2.05) is 24.3 Å². The highest BCUT2D eigenvalue weighted by Crippen LogP contribution is 2.40. The zero-order valence-electron chi connectivity index (χ0n) is 15.1. The van der Waals surface area contributed by atoms with Crippen LogP contribution in [0.5, 0.6) is 0 Å². The molecule has 0 aliphatic heterocycles. The summed E-state index contributed by atoms with van der Waals surface area (Å²) in [5.41, 5.74) is 2.08. The number of hydrogen-bond acceptors (Lipinski definition) is 6. The highest BCUT2D eigenvalue weighted by molar-refractivity contribution is 6.05. The molecule has 1 saturated carbocycles. The molecule has 2 aromatic heterocycles. The predicted octanol–water partition coefficient (Wildman–Crippen LogP) is 3.59. The van der Waals surface area contributed by atoms with Gasteiger partial charge in [0.25, 0.3) is 5.91 Å². The summed E-state index contributed by atoms with van der Waals surface area (Å²) in [5.74, 6) is 0.237. The van der Waals surface area contributed by atoms with Gasteiger partial charge < -0.3 is 14.6 Å². The van der Waals surface area contributed by atoms with E-state index in [1.54, 1.807) is 19.1 Å². The van der Waals surface area contributed by atoms with Crippen molar-refractivity contribution in [3.63, 3.8) is 0 Å². The first-order valence-electron chi connectivity index (χ1n) is 8.86. The second kappa shape index (κ2) is 6.83. The van der Waals surface area contributed by atoms with E-state index in [0.29, 0.717) is 22.6 Å². The van der Waals surface area contributed by atoms with Crippen molar-refractivity contribution in [2.75, 3.05) is 5.32 Å². The number of aryl methyl sites for hydroxylation is 1. The summed E-state index contributed by atoms with van der Waals surface area (Å²) in [6.07, 6.45) is 1.18. The second-order valence-corrected chi connectivity index (χ2v) is 6.75. The molecule has 0 saturated heterocycles. The molecular formula is C20H19N3O4. The number of aromatic nitrogens is 2. The molecule has 1 amide bonds. The Labute approximate surface area is 155 Å². The molecule has 27 heavy (non-hydrogen) atoms. The fraction of sp³-hybridized carbons (Fsp3) is 0.300. The normalized spacial score (nSPS) is 14.7. The van der Waals surface area contributed by atoms with Crippen LogP contribution < -0.4 is 5.32 Å². The Morgan fingerprint density at radius 2 is 2.04 bits per heavy atom. The van der Waals surface area contributed by atoms with Gasteiger partial charge in [-0.15, -0.1) is 0 Å². The minimum absolute atomic E-state index is 0.283. The summed E-state index contributed by atoms with van der Waals surface area (Å²) >= 11 is 0. The molecule has 3 aromatic rings. The molecule has 0 radical (unpaired) electrons. The van der Waals surface area contributed by atoms with Gasteiger partial charge >= 0.3 is 5.97 Å². The van der Waals surface area contributed by atoms with Gasteiger partial charge in [-0.25, -0.2) is 4.79 Å². The number of para-hydroxylation sites is 1. The molecule has 1 atom stereocenters. The summed E-state index contributed by atoms with van der Waals surface area (Å²) in [6.45, 7) is 3.24. The average molecular weight is 365 g/mol. The Bertz CT molecular complexity index is 1020. The fourth-order valence-electron chi connectivity index (χ4n) is 2.88. The highest BCUT2D eigenvalue weighted by atomic mass is 16.5. The van der Waals surface area contributed by atoms with Gasteiger partial charge in [0.1, 0.15) is 5.76 Å². The van der Waals surface area contributed by atoms with Crippen LogP contribution in [0, 0.1) is 6.92 Å². The molecule has 1 N–H and O–H groups in total. The first-order valence-corrected chi connectivity index (χ1v) is 8.86. The first kappa shape index (κ1) is 17.2. The van der Waals surface area contributed by atoms with Crippen LogP contribution in [0.1, 0.15) is 47.5 Å². The van der Waals surface area contributed by atoms with E-state index in [1.165, 1.54) is 6.92 Å². The maximum Gasteiger partial charge on any atom is 0.339 e. The lowest BCUT2D eigenvalue weighted by Crippen LogP contribution is -2.30. The number of carbonyl (C=O) groups is 2. The van der Waals surface area contributed by atoms with Crippen molar-refractivity contribution in [1.29, 1.82) is 0 Å². The Morgan fingerprint density at radius 3 is 2.74 bits per heavy atom. The maximum absolute atomic E-state index is 12.8. The van der Waals surface area contributed by atoms with Crippen LogP contribution in [0.3, 0.4) is 0 Å². The molecule has 4 rings (SSSR count). The lowest BCUT2D eigenvalue weighted by molar-refractivity contribution is -0.123. The van der Waals surface area contributed by atoms with Crippen LogP contribution in [0.2, 0.25) is 0 Å². The zero-order chi connectivity index (χ0) is 19.0. The molecule has 1 fully saturated rings. The van der Waals surface area contributed by atoms with Gasteiger partial charge in [0, 0.05) is 23.1 Å². The molecule has 0 bridgehead atoms.